The number of carbonyl (C=O) groups excluding carboxylic acids is 1. The quantitative estimate of drug-likeness (QED) is 0.159. The Kier molecular flexibility index (Phi) is 13.0. The van der Waals surface area contributed by atoms with E-state index in [9.17, 15) is 4.79 Å². The lowest BCUT2D eigenvalue weighted by Crippen LogP contribution is -2.38. The molecule has 8 aromatic rings. The Labute approximate surface area is 369 Å². The van der Waals surface area contributed by atoms with E-state index in [2.05, 4.69) is 50.8 Å². The van der Waals surface area contributed by atoms with Gasteiger partial charge >= 0.3 is 0 Å². The number of methoxy groups -OCH3 is 1. The van der Waals surface area contributed by atoms with Crippen molar-refractivity contribution in [1.82, 2.24) is 39.2 Å². The summed E-state index contributed by atoms with van der Waals surface area (Å²) >= 11 is 23.5. The molecular weight excluding hydrogens is 838 g/mol. The number of rotatable bonds is 5. The number of fused-ring (bicyclic) bond motifs is 4. The second-order valence-corrected chi connectivity index (χ2v) is 16.1. The van der Waals surface area contributed by atoms with Gasteiger partial charge in [-0.15, -0.1) is 0 Å². The fourth-order valence-electron chi connectivity index (χ4n) is 7.39. The standard InChI is InChI=1S/C26H28N6O.C10H7Cl2NO.C9H5Cl2N.CH4/c1-4-23(33)31-10-11-32-22(15-31)25(29-26(32)17-8-9-17)19-6-5-7-21-20(19)12-16(2)24(28-21)18-13-27-30(3)14-18;1-14-9-5-6-7(11)3-2-4-8(6)13-10(9)12;10-7-2-1-3-8-6(7)4-5-9(11)12-8;/h5-7,12-14,17H,4,8-11,15H2,1-3H3;2-5H,1H3;1-5H;1H4. The van der Waals surface area contributed by atoms with Crippen molar-refractivity contribution in [3.05, 3.63) is 129 Å². The topological polar surface area (TPSA) is 104 Å². The number of nitrogens with zero attached hydrogens (tertiary/aromatic N) is 8. The molecule has 6 heterocycles. The Morgan fingerprint density at radius 1 is 0.800 bits per heavy atom. The number of hydrogen-bond acceptors (Lipinski definition) is 7. The normalized spacial score (nSPS) is 13.2. The zero-order valence-electron chi connectivity index (χ0n) is 32.9. The SMILES string of the molecule is C.CCC(=O)N1CCn2c(C3CC3)nc(-c3cccc4nc(-c5cnn(C)c5)c(C)cc34)c2C1.COc1cc2c(Cl)cccc2nc1Cl.Clc1ccc2c(Cl)cccc2n1. The maximum Gasteiger partial charge on any atom is 0.222 e. The van der Waals surface area contributed by atoms with Crippen LogP contribution in [0.15, 0.2) is 91.3 Å². The number of amides is 1. The largest absolute Gasteiger partial charge is 0.494 e. The summed E-state index contributed by atoms with van der Waals surface area (Å²) in [6.07, 6.45) is 6.81. The van der Waals surface area contributed by atoms with Crippen molar-refractivity contribution in [2.24, 2.45) is 7.05 Å². The summed E-state index contributed by atoms with van der Waals surface area (Å²) in [6, 6.07) is 24.9. The van der Waals surface area contributed by atoms with E-state index in [1.165, 1.54) is 18.7 Å². The summed E-state index contributed by atoms with van der Waals surface area (Å²) in [5.74, 6) is 2.49. The van der Waals surface area contributed by atoms with Crippen LogP contribution in [0.5, 0.6) is 5.75 Å². The Bertz CT molecular complexity index is 2870. The van der Waals surface area contributed by atoms with Crippen molar-refractivity contribution in [1.29, 1.82) is 0 Å². The molecule has 0 radical (unpaired) electrons. The predicted molar refractivity (Wildman–Crippen MR) is 244 cm³/mol. The molecule has 2 aliphatic rings. The molecule has 1 aliphatic heterocycles. The Morgan fingerprint density at radius 3 is 2.15 bits per heavy atom. The lowest BCUT2D eigenvalue weighted by molar-refractivity contribution is -0.132. The van der Waals surface area contributed by atoms with E-state index in [0.29, 0.717) is 45.0 Å². The van der Waals surface area contributed by atoms with Gasteiger partial charge in [-0.05, 0) is 79.9 Å². The molecule has 60 heavy (non-hydrogen) atoms. The van der Waals surface area contributed by atoms with Crippen LogP contribution in [0, 0.1) is 6.92 Å². The highest BCUT2D eigenvalue weighted by Gasteiger charge is 2.34. The van der Waals surface area contributed by atoms with Crippen molar-refractivity contribution in [3.8, 4) is 28.3 Å². The van der Waals surface area contributed by atoms with Crippen LogP contribution in [0.4, 0.5) is 0 Å². The summed E-state index contributed by atoms with van der Waals surface area (Å²) in [6.45, 7) is 6.25. The monoisotopic (exact) mass is 880 g/mol. The third-order valence-corrected chi connectivity index (χ3v) is 11.6. The number of carbonyl (C=O) groups is 1. The molecule has 1 saturated carbocycles. The third-order valence-electron chi connectivity index (χ3n) is 10.5. The van der Waals surface area contributed by atoms with Crippen LogP contribution in [-0.2, 0) is 24.9 Å². The van der Waals surface area contributed by atoms with Crippen LogP contribution in [0.1, 0.15) is 56.6 Å². The van der Waals surface area contributed by atoms with Crippen molar-refractivity contribution < 1.29 is 9.53 Å². The van der Waals surface area contributed by atoms with Gasteiger partial charge in [0.05, 0.1) is 58.5 Å². The van der Waals surface area contributed by atoms with Crippen molar-refractivity contribution in [2.45, 2.75) is 59.5 Å². The van der Waals surface area contributed by atoms with Gasteiger partial charge in [-0.1, -0.05) is 85.0 Å². The van der Waals surface area contributed by atoms with Crippen LogP contribution in [-0.4, -0.2) is 58.7 Å². The molecule has 10 rings (SSSR count). The molecule has 0 unspecified atom stereocenters. The highest BCUT2D eigenvalue weighted by atomic mass is 35.5. The predicted octanol–water partition coefficient (Wildman–Crippen LogP) is 12.2. The van der Waals surface area contributed by atoms with Crippen LogP contribution < -0.4 is 4.74 Å². The highest BCUT2D eigenvalue weighted by molar-refractivity contribution is 6.36. The minimum Gasteiger partial charge on any atom is -0.494 e. The molecule has 1 aliphatic carbocycles. The number of pyridine rings is 3. The highest BCUT2D eigenvalue weighted by Crippen LogP contribution is 2.43. The Hall–Kier alpha value is -5.26. The van der Waals surface area contributed by atoms with Crippen LogP contribution in [0.25, 0.3) is 55.2 Å². The lowest BCUT2D eigenvalue weighted by Gasteiger charge is -2.29. The minimum atomic E-state index is 0. The summed E-state index contributed by atoms with van der Waals surface area (Å²) in [5.41, 5.74) is 8.90. The first-order chi connectivity index (χ1) is 28.5. The number of aromatic nitrogens is 7. The van der Waals surface area contributed by atoms with Gasteiger partial charge in [0.15, 0.2) is 10.9 Å². The van der Waals surface area contributed by atoms with Crippen LogP contribution >= 0.6 is 46.4 Å². The summed E-state index contributed by atoms with van der Waals surface area (Å²) in [4.78, 5) is 33.0. The van der Waals surface area contributed by atoms with Gasteiger partial charge in [-0.25, -0.2) is 19.9 Å². The zero-order valence-corrected chi connectivity index (χ0v) is 35.9. The summed E-state index contributed by atoms with van der Waals surface area (Å²) in [7, 11) is 3.47. The van der Waals surface area contributed by atoms with Gasteiger partial charge in [0, 0.05) is 71.0 Å². The molecule has 10 nitrogen and oxygen atoms in total. The van der Waals surface area contributed by atoms with Gasteiger partial charge < -0.3 is 14.2 Å². The first-order valence-corrected chi connectivity index (χ1v) is 20.8. The minimum absolute atomic E-state index is 0. The third kappa shape index (κ3) is 8.79. The van der Waals surface area contributed by atoms with E-state index in [1.54, 1.807) is 30.0 Å². The average Bonchev–Trinajstić information content (AvgIpc) is 3.88. The Balaban J connectivity index is 0.000000165. The van der Waals surface area contributed by atoms with E-state index in [1.807, 2.05) is 67.7 Å². The number of benzene rings is 3. The summed E-state index contributed by atoms with van der Waals surface area (Å²) in [5, 5.41) is 9.38. The maximum atomic E-state index is 12.5. The number of hydrogen-bond donors (Lipinski definition) is 0. The molecule has 0 atom stereocenters. The molecular formula is C46H44Cl4N8O2. The van der Waals surface area contributed by atoms with E-state index in [-0.39, 0.29) is 13.3 Å². The maximum absolute atomic E-state index is 12.5. The molecule has 308 valence electrons. The van der Waals surface area contributed by atoms with Gasteiger partial charge in [-0.3, -0.25) is 9.48 Å². The van der Waals surface area contributed by atoms with Gasteiger partial charge in [-0.2, -0.15) is 5.10 Å². The van der Waals surface area contributed by atoms with E-state index >= 15 is 0 Å². The van der Waals surface area contributed by atoms with Gasteiger partial charge in [0.1, 0.15) is 11.0 Å². The first-order valence-electron chi connectivity index (χ1n) is 19.3. The number of ether oxygens (including phenoxy) is 1. The van der Waals surface area contributed by atoms with Crippen LogP contribution in [0.3, 0.4) is 0 Å². The van der Waals surface area contributed by atoms with E-state index < -0.39 is 0 Å². The molecule has 0 bridgehead atoms. The molecule has 0 saturated heterocycles. The smallest absolute Gasteiger partial charge is 0.222 e. The second kappa shape index (κ2) is 18.2. The van der Waals surface area contributed by atoms with E-state index in [4.69, 9.17) is 61.1 Å². The lowest BCUT2D eigenvalue weighted by atomic mass is 10.00. The van der Waals surface area contributed by atoms with Crippen molar-refractivity contribution in [3.63, 3.8) is 0 Å². The number of aryl methyl sites for hydroxylation is 2. The fraction of sp³-hybridized carbons (Fsp3) is 0.261. The second-order valence-electron chi connectivity index (χ2n) is 14.5. The fourth-order valence-corrected chi connectivity index (χ4v) is 8.23. The van der Waals surface area contributed by atoms with Crippen LogP contribution in [0.2, 0.25) is 20.4 Å². The van der Waals surface area contributed by atoms with Gasteiger partial charge in [0.25, 0.3) is 0 Å². The molecule has 1 amide bonds. The molecule has 0 spiro atoms. The number of halogens is 4. The van der Waals surface area contributed by atoms with Crippen molar-refractivity contribution in [2.75, 3.05) is 13.7 Å². The van der Waals surface area contributed by atoms with Crippen molar-refractivity contribution >= 4 is 85.0 Å². The molecule has 1 fully saturated rings. The summed E-state index contributed by atoms with van der Waals surface area (Å²) < 4.78 is 9.24. The molecule has 14 heteroatoms. The zero-order chi connectivity index (χ0) is 41.4. The van der Waals surface area contributed by atoms with Gasteiger partial charge in [0.2, 0.25) is 5.91 Å². The molecule has 0 N–H and O–H groups in total. The Morgan fingerprint density at radius 2 is 1.48 bits per heavy atom. The molecule has 5 aromatic heterocycles. The van der Waals surface area contributed by atoms with E-state index in [0.717, 1.165) is 79.6 Å². The number of imidazole rings is 1. The average molecular weight is 883 g/mol. The first kappa shape index (κ1) is 42.8. The molecule has 3 aromatic carbocycles.